The molecule has 0 amide bonds. The summed E-state index contributed by atoms with van der Waals surface area (Å²) in [4.78, 5) is 23.9. The lowest BCUT2D eigenvalue weighted by Crippen LogP contribution is -2.03. The molecule has 52 heavy (non-hydrogen) atoms. The quantitative estimate of drug-likeness (QED) is 0.180. The van der Waals surface area contributed by atoms with Crippen molar-refractivity contribution >= 4 is 21.8 Å². The van der Waals surface area contributed by atoms with E-state index in [1.807, 2.05) is 103 Å². The predicted molar refractivity (Wildman–Crippen MR) is 204 cm³/mol. The highest BCUT2D eigenvalue weighted by molar-refractivity contribution is 5.94. The molecule has 4 heterocycles. The van der Waals surface area contributed by atoms with Crippen LogP contribution < -0.4 is 9.47 Å². The van der Waals surface area contributed by atoms with E-state index in [4.69, 9.17) is 24.4 Å². The Bertz CT molecular complexity index is 2750. The first-order valence-corrected chi connectivity index (χ1v) is 17.0. The molecule has 0 bridgehead atoms. The lowest BCUT2D eigenvalue weighted by molar-refractivity contribution is 0.360. The van der Waals surface area contributed by atoms with Crippen LogP contribution in [0.3, 0.4) is 0 Å². The van der Waals surface area contributed by atoms with Crippen LogP contribution >= 0.6 is 0 Å². The molecule has 0 spiro atoms. The molecule has 0 N–H and O–H groups in total. The van der Waals surface area contributed by atoms with E-state index >= 15 is 0 Å². The molecule has 6 aromatic carbocycles. The van der Waals surface area contributed by atoms with Gasteiger partial charge in [0.1, 0.15) is 0 Å². The molecule has 7 nitrogen and oxygen atoms in total. The molecule has 10 rings (SSSR count). The summed E-state index contributed by atoms with van der Waals surface area (Å²) >= 11 is 0. The van der Waals surface area contributed by atoms with Gasteiger partial charge < -0.3 is 9.47 Å². The Morgan fingerprint density at radius 2 is 0.788 bits per heavy atom. The fraction of sp³-hybridized carbons (Fsp3) is 0. The first-order chi connectivity index (χ1) is 25.7. The van der Waals surface area contributed by atoms with Crippen LogP contribution in [0.15, 0.2) is 164 Å². The minimum absolute atomic E-state index is 0.537. The molecule has 1 aliphatic rings. The number of benzene rings is 6. The monoisotopic (exact) mass is 669 g/mol. The third-order valence-corrected chi connectivity index (χ3v) is 9.26. The van der Waals surface area contributed by atoms with Crippen LogP contribution in [0.4, 0.5) is 0 Å². The summed E-state index contributed by atoms with van der Waals surface area (Å²) in [6, 6.07) is 50.5. The number of fused-ring (bicyclic) bond motifs is 4. The molecular formula is C45H27N5O2. The molecule has 244 valence electrons. The molecule has 0 unspecified atom stereocenters. The lowest BCUT2D eigenvalue weighted by atomic mass is 9.92. The van der Waals surface area contributed by atoms with Gasteiger partial charge in [0, 0.05) is 39.9 Å². The van der Waals surface area contributed by atoms with Crippen LogP contribution in [0.2, 0.25) is 0 Å². The summed E-state index contributed by atoms with van der Waals surface area (Å²) in [7, 11) is 0. The zero-order valence-corrected chi connectivity index (χ0v) is 27.6. The second-order valence-electron chi connectivity index (χ2n) is 12.6. The summed E-state index contributed by atoms with van der Waals surface area (Å²) < 4.78 is 13.2. The van der Waals surface area contributed by atoms with Gasteiger partial charge in [0.05, 0.1) is 11.0 Å². The molecule has 0 saturated carbocycles. The smallest absolute Gasteiger partial charge is 0.170 e. The van der Waals surface area contributed by atoms with Gasteiger partial charge in [-0.1, -0.05) is 97.1 Å². The number of ether oxygens (including phenoxy) is 2. The summed E-state index contributed by atoms with van der Waals surface area (Å²) in [5.41, 5.74) is 8.45. The van der Waals surface area contributed by atoms with E-state index < -0.39 is 0 Å². The number of pyridine rings is 2. The van der Waals surface area contributed by atoms with Gasteiger partial charge in [0.25, 0.3) is 0 Å². The normalized spacial score (nSPS) is 11.8. The molecule has 9 aromatic rings. The Hall–Kier alpha value is -7.25. The first-order valence-electron chi connectivity index (χ1n) is 17.0. The zero-order chi connectivity index (χ0) is 34.4. The average Bonchev–Trinajstić information content (AvgIpc) is 3.22. The van der Waals surface area contributed by atoms with Crippen molar-refractivity contribution in [2.75, 3.05) is 0 Å². The third-order valence-electron chi connectivity index (χ3n) is 9.26. The van der Waals surface area contributed by atoms with Gasteiger partial charge >= 0.3 is 0 Å². The topological polar surface area (TPSA) is 82.9 Å². The summed E-state index contributed by atoms with van der Waals surface area (Å²) in [6.45, 7) is 0. The highest BCUT2D eigenvalue weighted by atomic mass is 16.6. The van der Waals surface area contributed by atoms with Gasteiger partial charge in [-0.2, -0.15) is 0 Å². The average molecular weight is 670 g/mol. The van der Waals surface area contributed by atoms with Gasteiger partial charge in [-0.15, -0.1) is 0 Å². The van der Waals surface area contributed by atoms with Crippen molar-refractivity contribution in [2.45, 2.75) is 0 Å². The number of rotatable bonds is 5. The van der Waals surface area contributed by atoms with E-state index in [1.54, 1.807) is 0 Å². The highest BCUT2D eigenvalue weighted by Gasteiger charge is 2.24. The maximum atomic E-state index is 6.66. The SMILES string of the molecule is c1ccc(-c2nc(-c3ccccc3)nc(-c3ccc4c(c3)Oc3cc(-c5ccc6cccnc6c5)c(-c5ccc6cccnc6c5)cc3O4)n2)cc1. The molecule has 0 fully saturated rings. The fourth-order valence-corrected chi connectivity index (χ4v) is 6.65. The second-order valence-corrected chi connectivity index (χ2v) is 12.6. The Kier molecular flexibility index (Phi) is 6.99. The molecule has 3 aromatic heterocycles. The zero-order valence-electron chi connectivity index (χ0n) is 27.6. The van der Waals surface area contributed by atoms with Crippen molar-refractivity contribution in [3.05, 3.63) is 164 Å². The van der Waals surface area contributed by atoms with Crippen LogP contribution in [0.1, 0.15) is 0 Å². The second kappa shape index (κ2) is 12.3. The van der Waals surface area contributed by atoms with Crippen molar-refractivity contribution in [1.82, 2.24) is 24.9 Å². The maximum absolute atomic E-state index is 6.66. The summed E-state index contributed by atoms with van der Waals surface area (Å²) in [5, 5.41) is 2.15. The molecule has 0 atom stereocenters. The van der Waals surface area contributed by atoms with Gasteiger partial charge in [-0.3, -0.25) is 9.97 Å². The van der Waals surface area contributed by atoms with Crippen LogP contribution in [-0.2, 0) is 0 Å². The van der Waals surface area contributed by atoms with Gasteiger partial charge in [-0.25, -0.2) is 15.0 Å². The molecule has 1 aliphatic heterocycles. The van der Waals surface area contributed by atoms with Crippen molar-refractivity contribution in [3.8, 4) is 79.4 Å². The van der Waals surface area contributed by atoms with Crippen molar-refractivity contribution < 1.29 is 9.47 Å². The van der Waals surface area contributed by atoms with Crippen molar-refractivity contribution in [1.29, 1.82) is 0 Å². The Balaban J connectivity index is 1.09. The number of hydrogen-bond acceptors (Lipinski definition) is 7. The standard InChI is InChI=1S/C45H27N5O2/c1-3-9-30(10-4-1)43-48-44(31-11-5-2-6-12-31)50-45(49-43)34-19-20-39-40(25-34)52-42-27-36(33-18-16-29-14-8-22-47-38(29)24-33)35(26-41(42)51-39)32-17-15-28-13-7-21-46-37(28)23-32/h1-27H. The van der Waals surface area contributed by atoms with Gasteiger partial charge in [0.2, 0.25) is 0 Å². The fourth-order valence-electron chi connectivity index (χ4n) is 6.65. The van der Waals surface area contributed by atoms with Crippen LogP contribution in [-0.4, -0.2) is 24.9 Å². The predicted octanol–water partition coefficient (Wildman–Crippen LogP) is 11.2. The number of hydrogen-bond donors (Lipinski definition) is 0. The van der Waals surface area contributed by atoms with Crippen LogP contribution in [0.25, 0.3) is 78.2 Å². The largest absolute Gasteiger partial charge is 0.449 e. The minimum Gasteiger partial charge on any atom is -0.449 e. The van der Waals surface area contributed by atoms with Gasteiger partial charge in [0.15, 0.2) is 40.5 Å². The van der Waals surface area contributed by atoms with E-state index in [2.05, 4.69) is 70.6 Å². The molecule has 0 radical (unpaired) electrons. The van der Waals surface area contributed by atoms with Crippen molar-refractivity contribution in [3.63, 3.8) is 0 Å². The van der Waals surface area contributed by atoms with E-state index in [0.717, 1.165) is 60.8 Å². The molecular weight excluding hydrogens is 643 g/mol. The summed E-state index contributed by atoms with van der Waals surface area (Å²) in [6.07, 6.45) is 3.64. The number of aromatic nitrogens is 5. The van der Waals surface area contributed by atoms with E-state index in [0.29, 0.717) is 40.5 Å². The maximum Gasteiger partial charge on any atom is 0.170 e. The van der Waals surface area contributed by atoms with Crippen LogP contribution in [0, 0.1) is 0 Å². The minimum atomic E-state index is 0.537. The Morgan fingerprint density at radius 3 is 1.33 bits per heavy atom. The van der Waals surface area contributed by atoms with Crippen molar-refractivity contribution in [2.24, 2.45) is 0 Å². The molecule has 0 saturated heterocycles. The lowest BCUT2D eigenvalue weighted by Gasteiger charge is -2.24. The Labute approximate surface area is 298 Å². The summed E-state index contributed by atoms with van der Waals surface area (Å²) in [5.74, 6) is 4.12. The van der Waals surface area contributed by atoms with E-state index in [1.165, 1.54) is 0 Å². The number of nitrogens with zero attached hydrogens (tertiary/aromatic N) is 5. The van der Waals surface area contributed by atoms with Crippen LogP contribution in [0.5, 0.6) is 23.0 Å². The Morgan fingerprint density at radius 1 is 0.327 bits per heavy atom. The molecule has 0 aliphatic carbocycles. The van der Waals surface area contributed by atoms with E-state index in [9.17, 15) is 0 Å². The van der Waals surface area contributed by atoms with Gasteiger partial charge in [-0.05, 0) is 76.9 Å². The first kappa shape index (κ1) is 29.6. The van der Waals surface area contributed by atoms with E-state index in [-0.39, 0.29) is 0 Å². The molecule has 7 heteroatoms. The highest BCUT2D eigenvalue weighted by Crippen LogP contribution is 2.50. The third kappa shape index (κ3) is 5.37.